The Morgan fingerprint density at radius 1 is 0.629 bits per heavy atom. The lowest BCUT2D eigenvalue weighted by Crippen LogP contribution is -1.98. The Bertz CT molecular complexity index is 1190. The average molecular weight is 499 g/mol. The fourth-order valence-corrected chi connectivity index (χ4v) is 7.15. The molecule has 0 unspecified atom stereocenters. The summed E-state index contributed by atoms with van der Waals surface area (Å²) in [5.74, 6) is 1.99. The van der Waals surface area contributed by atoms with Gasteiger partial charge in [-0.2, -0.15) is 0 Å². The second-order valence-electron chi connectivity index (χ2n) is 9.71. The van der Waals surface area contributed by atoms with Crippen LogP contribution >= 0.6 is 23.5 Å². The Morgan fingerprint density at radius 3 is 1.51 bits per heavy atom. The highest BCUT2D eigenvalue weighted by molar-refractivity contribution is 7.99. The molecule has 0 saturated carbocycles. The van der Waals surface area contributed by atoms with Gasteiger partial charge in [-0.25, -0.2) is 0 Å². The predicted octanol–water partition coefficient (Wildman–Crippen LogP) is 8.36. The summed E-state index contributed by atoms with van der Waals surface area (Å²) in [6.07, 6.45) is 4.63. The molecule has 0 fully saturated rings. The van der Waals surface area contributed by atoms with E-state index in [4.69, 9.17) is 0 Å². The highest BCUT2D eigenvalue weighted by Crippen LogP contribution is 2.32. The molecule has 0 atom stereocenters. The molecule has 2 aliphatic rings. The molecule has 35 heavy (non-hydrogen) atoms. The zero-order valence-corrected chi connectivity index (χ0v) is 22.7. The van der Waals surface area contributed by atoms with Gasteiger partial charge in [-0.15, -0.1) is 23.5 Å². The SMILES string of the molecule is Cc1cc(SCc2ccc(C3=NCCC3)cc2C)cc(SCc2ccc(C3=NCCC3)cc2C)c1. The maximum absolute atomic E-state index is 4.66. The lowest BCUT2D eigenvalue weighted by atomic mass is 10.0. The number of benzene rings is 3. The molecule has 2 heterocycles. The van der Waals surface area contributed by atoms with E-state index < -0.39 is 0 Å². The van der Waals surface area contributed by atoms with Crippen LogP contribution in [0.15, 0.2) is 74.4 Å². The summed E-state index contributed by atoms with van der Waals surface area (Å²) in [4.78, 5) is 12.0. The van der Waals surface area contributed by atoms with E-state index in [1.54, 1.807) is 0 Å². The summed E-state index contributed by atoms with van der Waals surface area (Å²) in [7, 11) is 0. The molecule has 0 aliphatic carbocycles. The van der Waals surface area contributed by atoms with Crippen molar-refractivity contribution < 1.29 is 0 Å². The first-order valence-corrected chi connectivity index (χ1v) is 14.7. The molecule has 3 aromatic carbocycles. The van der Waals surface area contributed by atoms with Gasteiger partial charge in [-0.3, -0.25) is 9.98 Å². The average Bonchev–Trinajstić information content (AvgIpc) is 3.57. The van der Waals surface area contributed by atoms with Gasteiger partial charge in [0.1, 0.15) is 0 Å². The van der Waals surface area contributed by atoms with Crippen molar-refractivity contribution in [2.45, 2.75) is 67.8 Å². The fraction of sp³-hybridized carbons (Fsp3) is 0.355. The number of aliphatic imine (C=N–C) groups is 2. The van der Waals surface area contributed by atoms with Crippen LogP contribution in [0.2, 0.25) is 0 Å². The van der Waals surface area contributed by atoms with Gasteiger partial charge in [0.15, 0.2) is 0 Å². The number of hydrogen-bond donors (Lipinski definition) is 0. The van der Waals surface area contributed by atoms with Gasteiger partial charge >= 0.3 is 0 Å². The lowest BCUT2D eigenvalue weighted by Gasteiger charge is -2.12. The Morgan fingerprint density at radius 2 is 1.11 bits per heavy atom. The van der Waals surface area contributed by atoms with Crippen molar-refractivity contribution in [3.63, 3.8) is 0 Å². The largest absolute Gasteiger partial charge is 0.289 e. The summed E-state index contributed by atoms with van der Waals surface area (Å²) in [5.41, 5.74) is 12.1. The Labute approximate surface area is 218 Å². The monoisotopic (exact) mass is 498 g/mol. The summed E-state index contributed by atoms with van der Waals surface area (Å²) >= 11 is 3.88. The van der Waals surface area contributed by atoms with Gasteiger partial charge in [0, 0.05) is 45.8 Å². The van der Waals surface area contributed by atoms with Gasteiger partial charge < -0.3 is 0 Å². The highest BCUT2D eigenvalue weighted by Gasteiger charge is 2.12. The number of rotatable bonds is 8. The van der Waals surface area contributed by atoms with E-state index >= 15 is 0 Å². The molecule has 0 N–H and O–H groups in total. The zero-order valence-electron chi connectivity index (χ0n) is 21.1. The molecule has 0 spiro atoms. The summed E-state index contributed by atoms with van der Waals surface area (Å²) < 4.78 is 0. The third kappa shape index (κ3) is 6.10. The van der Waals surface area contributed by atoms with Crippen LogP contribution in [0.5, 0.6) is 0 Å². The second-order valence-corrected chi connectivity index (χ2v) is 11.8. The lowest BCUT2D eigenvalue weighted by molar-refractivity contribution is 0.951. The maximum Gasteiger partial charge on any atom is 0.0421 e. The molecule has 180 valence electrons. The fourth-order valence-electron chi connectivity index (χ4n) is 4.83. The normalized spacial score (nSPS) is 15.4. The van der Waals surface area contributed by atoms with Crippen molar-refractivity contribution in [2.24, 2.45) is 9.98 Å². The third-order valence-electron chi connectivity index (χ3n) is 6.91. The Hall–Kier alpha value is -2.30. The predicted molar refractivity (Wildman–Crippen MR) is 154 cm³/mol. The quantitative estimate of drug-likeness (QED) is 0.291. The minimum Gasteiger partial charge on any atom is -0.289 e. The molecule has 4 heteroatoms. The van der Waals surface area contributed by atoms with Crippen molar-refractivity contribution >= 4 is 34.9 Å². The van der Waals surface area contributed by atoms with Gasteiger partial charge in [-0.1, -0.05) is 24.3 Å². The molecule has 0 aromatic heterocycles. The van der Waals surface area contributed by atoms with E-state index in [-0.39, 0.29) is 0 Å². The Kier molecular flexibility index (Phi) is 7.79. The summed E-state index contributed by atoms with van der Waals surface area (Å²) in [6.45, 7) is 8.65. The van der Waals surface area contributed by atoms with Crippen molar-refractivity contribution in [1.29, 1.82) is 0 Å². The van der Waals surface area contributed by atoms with Crippen molar-refractivity contribution in [1.82, 2.24) is 0 Å². The molecular weight excluding hydrogens is 464 g/mol. The maximum atomic E-state index is 4.66. The number of hydrogen-bond acceptors (Lipinski definition) is 4. The van der Waals surface area contributed by atoms with Crippen molar-refractivity contribution in [2.75, 3.05) is 13.1 Å². The molecule has 0 radical (unpaired) electrons. The minimum absolute atomic E-state index is 0.986. The molecule has 2 nitrogen and oxygen atoms in total. The molecule has 2 aliphatic heterocycles. The number of thioether (sulfide) groups is 2. The first-order valence-electron chi connectivity index (χ1n) is 12.7. The molecule has 0 saturated heterocycles. The van der Waals surface area contributed by atoms with E-state index in [1.807, 2.05) is 23.5 Å². The Balaban J connectivity index is 1.22. The third-order valence-corrected chi connectivity index (χ3v) is 8.96. The topological polar surface area (TPSA) is 24.7 Å². The van der Waals surface area contributed by atoms with Crippen LogP contribution < -0.4 is 0 Å². The number of aryl methyl sites for hydroxylation is 3. The van der Waals surface area contributed by atoms with Crippen LogP contribution in [0.3, 0.4) is 0 Å². The number of nitrogens with zero attached hydrogens (tertiary/aromatic N) is 2. The van der Waals surface area contributed by atoms with E-state index in [0.29, 0.717) is 0 Å². The van der Waals surface area contributed by atoms with E-state index in [2.05, 4.69) is 85.4 Å². The highest BCUT2D eigenvalue weighted by atomic mass is 32.2. The van der Waals surface area contributed by atoms with Crippen LogP contribution in [0.1, 0.15) is 64.6 Å². The van der Waals surface area contributed by atoms with E-state index in [0.717, 1.165) is 37.4 Å². The van der Waals surface area contributed by atoms with E-state index in [1.165, 1.54) is 73.0 Å². The van der Waals surface area contributed by atoms with Crippen molar-refractivity contribution in [3.05, 3.63) is 93.5 Å². The zero-order chi connectivity index (χ0) is 24.2. The second kappa shape index (κ2) is 11.2. The van der Waals surface area contributed by atoms with Gasteiger partial charge in [0.25, 0.3) is 0 Å². The van der Waals surface area contributed by atoms with Crippen LogP contribution in [0.4, 0.5) is 0 Å². The first kappa shape index (κ1) is 24.4. The molecule has 0 amide bonds. The van der Waals surface area contributed by atoms with E-state index in [9.17, 15) is 0 Å². The molecule has 0 bridgehead atoms. The van der Waals surface area contributed by atoms with Crippen LogP contribution in [-0.2, 0) is 11.5 Å². The van der Waals surface area contributed by atoms with Crippen LogP contribution in [0, 0.1) is 20.8 Å². The van der Waals surface area contributed by atoms with Crippen molar-refractivity contribution in [3.8, 4) is 0 Å². The van der Waals surface area contributed by atoms with Gasteiger partial charge in [0.05, 0.1) is 0 Å². The smallest absolute Gasteiger partial charge is 0.0421 e. The van der Waals surface area contributed by atoms with Gasteiger partial charge in [-0.05, 0) is 116 Å². The molecule has 3 aromatic rings. The summed E-state index contributed by atoms with van der Waals surface area (Å²) in [6, 6.07) is 20.8. The molecule has 5 rings (SSSR count). The summed E-state index contributed by atoms with van der Waals surface area (Å²) in [5, 5.41) is 0. The van der Waals surface area contributed by atoms with Crippen LogP contribution in [0.25, 0.3) is 0 Å². The van der Waals surface area contributed by atoms with Crippen LogP contribution in [-0.4, -0.2) is 24.5 Å². The van der Waals surface area contributed by atoms with Gasteiger partial charge in [0.2, 0.25) is 0 Å². The minimum atomic E-state index is 0.986. The first-order chi connectivity index (χ1) is 17.0. The molecular formula is C31H34N2S2. The standard InChI is InChI=1S/C31H34N2S2/c1-21-14-28(34-19-26-10-8-24(16-22(26)2)30-6-4-12-32-30)18-29(15-21)35-20-27-11-9-25(17-23(27)3)31-7-5-13-33-31/h8-11,14-18H,4-7,12-13,19-20H2,1-3H3.